The van der Waals surface area contributed by atoms with Crippen molar-refractivity contribution < 1.29 is 41.0 Å². The van der Waals surface area contributed by atoms with Crippen LogP contribution in [0.15, 0.2) is 72.8 Å². The van der Waals surface area contributed by atoms with Crippen LogP contribution in [0.3, 0.4) is 0 Å². The first-order chi connectivity index (χ1) is 19.4. The SMILES string of the molecule is Nc1ccc(CCCOC(=O)/C=C/c2ccc(OC(F)(F)c3ccc(OCCCCC(F)(F)F)cc3)cc2)c(N)c1. The van der Waals surface area contributed by atoms with Crippen LogP contribution in [0.1, 0.15) is 42.4 Å². The third-order valence-electron chi connectivity index (χ3n) is 5.86. The van der Waals surface area contributed by atoms with Crippen LogP contribution in [-0.2, 0) is 22.1 Å². The monoisotopic (exact) mass is 578 g/mol. The molecular weight excluding hydrogens is 547 g/mol. The Balaban J connectivity index is 1.41. The van der Waals surface area contributed by atoms with E-state index < -0.39 is 30.2 Å². The van der Waals surface area contributed by atoms with Gasteiger partial charge < -0.3 is 25.7 Å². The van der Waals surface area contributed by atoms with Crippen molar-refractivity contribution in [2.45, 2.75) is 44.4 Å². The van der Waals surface area contributed by atoms with Gasteiger partial charge in [-0.25, -0.2) is 4.79 Å². The lowest BCUT2D eigenvalue weighted by Gasteiger charge is -2.18. The highest BCUT2D eigenvalue weighted by Crippen LogP contribution is 2.33. The number of aryl methyl sites for hydroxylation is 1. The molecular formula is C30H31F5N2O4. The molecule has 3 rings (SSSR count). The number of benzene rings is 3. The summed E-state index contributed by atoms with van der Waals surface area (Å²) in [6, 6.07) is 15.8. The van der Waals surface area contributed by atoms with Gasteiger partial charge in [0.1, 0.15) is 11.5 Å². The third kappa shape index (κ3) is 11.0. The molecule has 0 bridgehead atoms. The molecule has 0 unspecified atom stereocenters. The Hall–Kier alpha value is -4.28. The summed E-state index contributed by atoms with van der Waals surface area (Å²) in [5, 5.41) is 0. The van der Waals surface area contributed by atoms with E-state index in [0.717, 1.165) is 17.7 Å². The quantitative estimate of drug-likeness (QED) is 0.0686. The maximum Gasteiger partial charge on any atom is 0.426 e. The molecule has 0 fully saturated rings. The zero-order chi connectivity index (χ0) is 29.9. The minimum absolute atomic E-state index is 0.0426. The summed E-state index contributed by atoms with van der Waals surface area (Å²) in [6.07, 6.45) is -4.71. The highest BCUT2D eigenvalue weighted by molar-refractivity contribution is 5.87. The Morgan fingerprint density at radius 2 is 1.49 bits per heavy atom. The number of hydrogen-bond donors (Lipinski definition) is 2. The van der Waals surface area contributed by atoms with E-state index in [9.17, 15) is 26.7 Å². The molecule has 0 aliphatic carbocycles. The second kappa shape index (κ2) is 14.4. The number of rotatable bonds is 14. The van der Waals surface area contributed by atoms with E-state index in [0.29, 0.717) is 29.8 Å². The first-order valence-corrected chi connectivity index (χ1v) is 12.9. The number of unbranched alkanes of at least 4 members (excludes halogenated alkanes) is 1. The summed E-state index contributed by atoms with van der Waals surface area (Å²) >= 11 is 0. The lowest BCUT2D eigenvalue weighted by molar-refractivity contribution is -0.185. The molecule has 0 heterocycles. The number of halogens is 5. The van der Waals surface area contributed by atoms with Crippen LogP contribution in [-0.4, -0.2) is 25.4 Å². The number of nitrogen functional groups attached to an aromatic ring is 2. The Labute approximate surface area is 234 Å². The Kier molecular flexibility index (Phi) is 11.0. The molecule has 0 aromatic heterocycles. The predicted molar refractivity (Wildman–Crippen MR) is 146 cm³/mol. The highest BCUT2D eigenvalue weighted by Gasteiger charge is 2.34. The Bertz CT molecular complexity index is 1290. The van der Waals surface area contributed by atoms with Crippen molar-refractivity contribution in [1.29, 1.82) is 0 Å². The molecule has 3 aromatic rings. The summed E-state index contributed by atoms with van der Waals surface area (Å²) in [4.78, 5) is 12.0. The largest absolute Gasteiger partial charge is 0.494 e. The van der Waals surface area contributed by atoms with Gasteiger partial charge in [-0.2, -0.15) is 22.0 Å². The average Bonchev–Trinajstić information content (AvgIpc) is 2.91. The van der Waals surface area contributed by atoms with Crippen molar-refractivity contribution in [3.05, 3.63) is 89.5 Å². The minimum Gasteiger partial charge on any atom is -0.494 e. The lowest BCUT2D eigenvalue weighted by Crippen LogP contribution is -2.21. The topological polar surface area (TPSA) is 96.8 Å². The van der Waals surface area contributed by atoms with Gasteiger partial charge in [0.15, 0.2) is 0 Å². The molecule has 41 heavy (non-hydrogen) atoms. The maximum absolute atomic E-state index is 14.6. The Morgan fingerprint density at radius 3 is 2.15 bits per heavy atom. The minimum atomic E-state index is -4.21. The summed E-state index contributed by atoms with van der Waals surface area (Å²) in [5.74, 6) is -0.379. The van der Waals surface area contributed by atoms with Gasteiger partial charge in [-0.3, -0.25) is 0 Å². The van der Waals surface area contributed by atoms with Crippen molar-refractivity contribution in [1.82, 2.24) is 0 Å². The van der Waals surface area contributed by atoms with E-state index in [4.69, 9.17) is 25.7 Å². The van der Waals surface area contributed by atoms with Gasteiger partial charge in [-0.1, -0.05) is 18.2 Å². The number of carbonyl (C=O) groups is 1. The van der Waals surface area contributed by atoms with E-state index in [1.165, 1.54) is 48.6 Å². The normalized spacial score (nSPS) is 11.9. The van der Waals surface area contributed by atoms with Crippen molar-refractivity contribution in [2.24, 2.45) is 0 Å². The fourth-order valence-corrected chi connectivity index (χ4v) is 3.71. The van der Waals surface area contributed by atoms with Crippen LogP contribution < -0.4 is 20.9 Å². The first kappa shape index (κ1) is 31.3. The zero-order valence-electron chi connectivity index (χ0n) is 22.1. The molecule has 0 amide bonds. The molecule has 6 nitrogen and oxygen atoms in total. The third-order valence-corrected chi connectivity index (χ3v) is 5.86. The van der Waals surface area contributed by atoms with E-state index in [2.05, 4.69) is 0 Å². The Morgan fingerprint density at radius 1 is 0.805 bits per heavy atom. The van der Waals surface area contributed by atoms with Gasteiger partial charge in [0.25, 0.3) is 0 Å². The van der Waals surface area contributed by atoms with Crippen molar-refractivity contribution in [2.75, 3.05) is 24.7 Å². The van der Waals surface area contributed by atoms with Gasteiger partial charge in [-0.15, -0.1) is 0 Å². The molecule has 0 saturated carbocycles. The second-order valence-corrected chi connectivity index (χ2v) is 9.20. The van der Waals surface area contributed by atoms with E-state index in [-0.39, 0.29) is 37.6 Å². The molecule has 220 valence electrons. The van der Waals surface area contributed by atoms with Gasteiger partial charge >= 0.3 is 18.3 Å². The van der Waals surface area contributed by atoms with Crippen LogP contribution >= 0.6 is 0 Å². The van der Waals surface area contributed by atoms with Gasteiger partial charge in [0, 0.05) is 23.9 Å². The highest BCUT2D eigenvalue weighted by atomic mass is 19.4. The summed E-state index contributed by atoms with van der Waals surface area (Å²) in [6.45, 7) is 0.241. The zero-order valence-corrected chi connectivity index (χ0v) is 22.1. The molecule has 0 radical (unpaired) electrons. The smallest absolute Gasteiger partial charge is 0.426 e. The fraction of sp³-hybridized carbons (Fsp3) is 0.300. The number of alkyl halides is 5. The first-order valence-electron chi connectivity index (χ1n) is 12.9. The predicted octanol–water partition coefficient (Wildman–Crippen LogP) is 7.28. The number of esters is 1. The molecule has 0 aliphatic heterocycles. The van der Waals surface area contributed by atoms with Crippen molar-refractivity contribution in [3.8, 4) is 11.5 Å². The maximum atomic E-state index is 14.6. The molecule has 4 N–H and O–H groups in total. The van der Waals surface area contributed by atoms with Crippen LogP contribution in [0.4, 0.5) is 33.3 Å². The van der Waals surface area contributed by atoms with Crippen LogP contribution in [0.25, 0.3) is 6.08 Å². The number of anilines is 2. The van der Waals surface area contributed by atoms with Gasteiger partial charge in [-0.05, 0) is 91.4 Å². The van der Waals surface area contributed by atoms with E-state index in [1.54, 1.807) is 12.1 Å². The molecule has 0 aliphatic rings. The average molecular weight is 579 g/mol. The molecule has 0 atom stereocenters. The standard InChI is InChI=1S/C30H31F5N2O4/c31-29(32,33)17-1-2-18-39-25-14-9-23(10-15-25)30(34,35)41-26-12-5-21(6-13-26)7-16-28(38)40-19-3-4-22-8-11-24(36)20-27(22)37/h5-16,20H,1-4,17-19,36-37H2/b16-7+. The molecule has 0 spiro atoms. The number of nitrogens with two attached hydrogens (primary N) is 2. The molecule has 0 saturated heterocycles. The van der Waals surface area contributed by atoms with Crippen molar-refractivity contribution >= 4 is 23.4 Å². The summed E-state index contributed by atoms with van der Waals surface area (Å²) in [7, 11) is 0. The van der Waals surface area contributed by atoms with Gasteiger partial charge in [0.2, 0.25) is 0 Å². The van der Waals surface area contributed by atoms with E-state index in [1.807, 2.05) is 6.07 Å². The number of ether oxygens (including phenoxy) is 3. The van der Waals surface area contributed by atoms with Crippen LogP contribution in [0.5, 0.6) is 11.5 Å². The number of carbonyl (C=O) groups excluding carboxylic acids is 1. The summed E-state index contributed by atoms with van der Waals surface area (Å²) < 4.78 is 81.1. The number of hydrogen-bond acceptors (Lipinski definition) is 6. The van der Waals surface area contributed by atoms with Crippen LogP contribution in [0, 0.1) is 0 Å². The van der Waals surface area contributed by atoms with Crippen LogP contribution in [0.2, 0.25) is 0 Å². The fourth-order valence-electron chi connectivity index (χ4n) is 3.71. The second-order valence-electron chi connectivity index (χ2n) is 9.20. The van der Waals surface area contributed by atoms with E-state index >= 15 is 0 Å². The summed E-state index contributed by atoms with van der Waals surface area (Å²) in [5.41, 5.74) is 13.8. The van der Waals surface area contributed by atoms with Crippen molar-refractivity contribution in [3.63, 3.8) is 0 Å². The van der Waals surface area contributed by atoms with Gasteiger partial charge in [0.05, 0.1) is 18.8 Å². The molecule has 3 aromatic carbocycles. The lowest BCUT2D eigenvalue weighted by atomic mass is 10.1. The molecule has 11 heteroatoms.